The molecule has 1 fully saturated rings. The van der Waals surface area contributed by atoms with Crippen LogP contribution in [0.3, 0.4) is 0 Å². The molecule has 24 heavy (non-hydrogen) atoms. The van der Waals surface area contributed by atoms with Crippen LogP contribution >= 0.6 is 0 Å². The van der Waals surface area contributed by atoms with Crippen LogP contribution in [0.15, 0.2) is 21.5 Å². The highest BCUT2D eigenvalue weighted by atomic mass is 16.5. The van der Waals surface area contributed by atoms with Gasteiger partial charge in [-0.05, 0) is 38.2 Å². The van der Waals surface area contributed by atoms with E-state index in [1.807, 2.05) is 19.1 Å². The molecule has 2 aliphatic rings. The Morgan fingerprint density at radius 3 is 2.88 bits per heavy atom. The monoisotopic (exact) mass is 328 g/mol. The summed E-state index contributed by atoms with van der Waals surface area (Å²) in [5, 5.41) is 8.53. The summed E-state index contributed by atoms with van der Waals surface area (Å²) in [7, 11) is 0. The number of rotatable bonds is 5. The molecule has 1 aliphatic carbocycles. The molecule has 0 atom stereocenters. The molecule has 0 aromatic carbocycles. The van der Waals surface area contributed by atoms with E-state index in [1.165, 1.54) is 18.4 Å². The largest absolute Gasteiger partial charge is 0.361 e. The van der Waals surface area contributed by atoms with Gasteiger partial charge in [0, 0.05) is 44.1 Å². The van der Waals surface area contributed by atoms with Gasteiger partial charge in [-0.2, -0.15) is 5.10 Å². The lowest BCUT2D eigenvalue weighted by molar-refractivity contribution is 0.0833. The first kappa shape index (κ1) is 15.6. The van der Waals surface area contributed by atoms with Gasteiger partial charge in [-0.1, -0.05) is 5.16 Å². The highest BCUT2D eigenvalue weighted by molar-refractivity contribution is 5.20. The quantitative estimate of drug-likeness (QED) is 0.834. The average Bonchev–Trinajstić information content (AvgIpc) is 2.95. The molecule has 3 heterocycles. The Labute approximate surface area is 141 Å². The van der Waals surface area contributed by atoms with Crippen molar-refractivity contribution in [3.05, 3.63) is 45.2 Å². The van der Waals surface area contributed by atoms with Gasteiger partial charge in [0.25, 0.3) is 5.56 Å². The van der Waals surface area contributed by atoms with Crippen molar-refractivity contribution in [2.75, 3.05) is 19.6 Å². The summed E-state index contributed by atoms with van der Waals surface area (Å²) < 4.78 is 6.93. The Bertz CT molecular complexity index is 774. The molecule has 1 aliphatic heterocycles. The number of aromatic nitrogens is 3. The first-order chi connectivity index (χ1) is 11.7. The molecule has 6 heteroatoms. The van der Waals surface area contributed by atoms with Gasteiger partial charge in [0.05, 0.1) is 17.9 Å². The van der Waals surface area contributed by atoms with Crippen molar-refractivity contribution in [3.8, 4) is 0 Å². The molecule has 0 spiro atoms. The second-order valence-electron chi connectivity index (χ2n) is 7.15. The highest BCUT2D eigenvalue weighted by Crippen LogP contribution is 2.20. The molecule has 0 bridgehead atoms. The van der Waals surface area contributed by atoms with Crippen molar-refractivity contribution in [1.29, 1.82) is 0 Å². The van der Waals surface area contributed by atoms with Gasteiger partial charge in [-0.25, -0.2) is 4.68 Å². The van der Waals surface area contributed by atoms with Crippen LogP contribution < -0.4 is 5.56 Å². The van der Waals surface area contributed by atoms with Crippen LogP contribution in [-0.2, 0) is 25.8 Å². The third-order valence-electron chi connectivity index (χ3n) is 5.09. The fourth-order valence-corrected chi connectivity index (χ4v) is 3.75. The van der Waals surface area contributed by atoms with Crippen molar-refractivity contribution in [2.45, 2.75) is 45.6 Å². The molecule has 0 N–H and O–H groups in total. The predicted molar refractivity (Wildman–Crippen MR) is 90.0 cm³/mol. The number of hydrogen-bond acceptors (Lipinski definition) is 5. The molecule has 2 aromatic rings. The molecule has 0 radical (unpaired) electrons. The zero-order valence-corrected chi connectivity index (χ0v) is 14.2. The van der Waals surface area contributed by atoms with Gasteiger partial charge in [0.2, 0.25) is 0 Å². The smallest absolute Gasteiger partial charge is 0.267 e. The Balaban J connectivity index is 1.29. The molecule has 2 aromatic heterocycles. The number of likely N-dealkylation sites (tertiary alicyclic amines) is 1. The Morgan fingerprint density at radius 2 is 2.08 bits per heavy atom. The van der Waals surface area contributed by atoms with Gasteiger partial charge in [-0.15, -0.1) is 0 Å². The number of hydrogen-bond donors (Lipinski definition) is 0. The lowest BCUT2D eigenvalue weighted by atomic mass is 9.96. The fraction of sp³-hybridized carbons (Fsp3) is 0.611. The minimum atomic E-state index is 0.0613. The van der Waals surface area contributed by atoms with Crippen LogP contribution in [0, 0.1) is 12.8 Å². The molecular weight excluding hydrogens is 304 g/mol. The van der Waals surface area contributed by atoms with E-state index in [0.29, 0.717) is 5.92 Å². The summed E-state index contributed by atoms with van der Waals surface area (Å²) >= 11 is 0. The zero-order valence-electron chi connectivity index (χ0n) is 14.2. The van der Waals surface area contributed by atoms with Gasteiger partial charge in [-0.3, -0.25) is 4.79 Å². The van der Waals surface area contributed by atoms with E-state index in [-0.39, 0.29) is 5.56 Å². The maximum atomic E-state index is 12.2. The van der Waals surface area contributed by atoms with Crippen LogP contribution in [0.5, 0.6) is 0 Å². The lowest BCUT2D eigenvalue weighted by Gasteiger charge is -2.39. The first-order valence-electron chi connectivity index (χ1n) is 8.92. The molecule has 0 unspecified atom stereocenters. The Kier molecular flexibility index (Phi) is 4.22. The van der Waals surface area contributed by atoms with Crippen LogP contribution in [0.1, 0.15) is 35.6 Å². The molecule has 128 valence electrons. The van der Waals surface area contributed by atoms with Crippen molar-refractivity contribution >= 4 is 0 Å². The second kappa shape index (κ2) is 6.51. The average molecular weight is 328 g/mol. The van der Waals surface area contributed by atoms with E-state index < -0.39 is 0 Å². The predicted octanol–water partition coefficient (Wildman–Crippen LogP) is 1.59. The third kappa shape index (κ3) is 3.29. The van der Waals surface area contributed by atoms with Gasteiger partial charge >= 0.3 is 0 Å². The van der Waals surface area contributed by atoms with E-state index in [4.69, 9.17) is 4.52 Å². The molecular formula is C18H24N4O2. The van der Waals surface area contributed by atoms with Crippen molar-refractivity contribution in [2.24, 2.45) is 5.92 Å². The van der Waals surface area contributed by atoms with Crippen molar-refractivity contribution in [3.63, 3.8) is 0 Å². The second-order valence-corrected chi connectivity index (χ2v) is 7.15. The Hall–Kier alpha value is -1.95. The summed E-state index contributed by atoms with van der Waals surface area (Å²) in [5.74, 6) is 1.47. The standard InChI is InChI=1S/C18H24N4O2/c1-13-8-16(24-20-13)6-7-21-10-14(11-21)12-22-18(23)9-15-4-2-3-5-17(15)19-22/h8-9,14H,2-7,10-12H2,1H3. The maximum absolute atomic E-state index is 12.2. The van der Waals surface area contributed by atoms with E-state index in [0.717, 1.165) is 62.6 Å². The molecule has 1 saturated heterocycles. The minimum Gasteiger partial charge on any atom is -0.361 e. The number of aryl methyl sites for hydroxylation is 3. The summed E-state index contributed by atoms with van der Waals surface area (Å²) in [5.41, 5.74) is 3.30. The molecule has 0 amide bonds. The summed E-state index contributed by atoms with van der Waals surface area (Å²) in [6.07, 6.45) is 5.29. The molecule has 4 rings (SSSR count). The zero-order chi connectivity index (χ0) is 16.5. The third-order valence-corrected chi connectivity index (χ3v) is 5.09. The topological polar surface area (TPSA) is 64.2 Å². The fourth-order valence-electron chi connectivity index (χ4n) is 3.75. The summed E-state index contributed by atoms with van der Waals surface area (Å²) in [6.45, 7) is 5.72. The first-order valence-corrected chi connectivity index (χ1v) is 8.92. The summed E-state index contributed by atoms with van der Waals surface area (Å²) in [4.78, 5) is 14.6. The maximum Gasteiger partial charge on any atom is 0.267 e. The van der Waals surface area contributed by atoms with Crippen LogP contribution in [-0.4, -0.2) is 39.5 Å². The van der Waals surface area contributed by atoms with E-state index in [9.17, 15) is 4.79 Å². The van der Waals surface area contributed by atoms with Gasteiger partial charge < -0.3 is 9.42 Å². The van der Waals surface area contributed by atoms with E-state index in [1.54, 1.807) is 4.68 Å². The molecule has 6 nitrogen and oxygen atoms in total. The minimum absolute atomic E-state index is 0.0613. The van der Waals surface area contributed by atoms with Crippen molar-refractivity contribution < 1.29 is 4.52 Å². The van der Waals surface area contributed by atoms with Crippen molar-refractivity contribution in [1.82, 2.24) is 19.8 Å². The molecule has 0 saturated carbocycles. The highest BCUT2D eigenvalue weighted by Gasteiger charge is 2.27. The number of fused-ring (bicyclic) bond motifs is 1. The van der Waals surface area contributed by atoms with Crippen LogP contribution in [0.2, 0.25) is 0 Å². The number of nitrogens with zero attached hydrogens (tertiary/aromatic N) is 4. The van der Waals surface area contributed by atoms with E-state index >= 15 is 0 Å². The summed E-state index contributed by atoms with van der Waals surface area (Å²) in [6, 6.07) is 3.80. The van der Waals surface area contributed by atoms with Gasteiger partial charge in [0.15, 0.2) is 0 Å². The normalized spacial score (nSPS) is 18.4. The van der Waals surface area contributed by atoms with Gasteiger partial charge in [0.1, 0.15) is 5.76 Å². The van der Waals surface area contributed by atoms with Crippen LogP contribution in [0.25, 0.3) is 0 Å². The Morgan fingerprint density at radius 1 is 1.25 bits per heavy atom. The van der Waals surface area contributed by atoms with E-state index in [2.05, 4.69) is 15.2 Å². The lowest BCUT2D eigenvalue weighted by Crippen LogP contribution is -2.50. The SMILES string of the molecule is Cc1cc(CCN2CC(Cn3nc4c(cc3=O)CCCC4)C2)on1. The van der Waals surface area contributed by atoms with Crippen LogP contribution in [0.4, 0.5) is 0 Å².